The van der Waals surface area contributed by atoms with Gasteiger partial charge in [-0.15, -0.1) is 0 Å². The number of alkyl halides is 3. The van der Waals surface area contributed by atoms with Gasteiger partial charge in [0.05, 0.1) is 0 Å². The van der Waals surface area contributed by atoms with Crippen molar-refractivity contribution in [3.63, 3.8) is 0 Å². The average Bonchev–Trinajstić information content (AvgIpc) is 2.74. The number of rotatable bonds is 4. The number of fused-ring (bicyclic) bond motifs is 1. The first-order valence-corrected chi connectivity index (χ1v) is 9.84. The van der Waals surface area contributed by atoms with Gasteiger partial charge in [0.15, 0.2) is 0 Å². The second kappa shape index (κ2) is 8.01. The molecular formula is C22H21F3N4O. The minimum Gasteiger partial charge on any atom is -0.341 e. The Balaban J connectivity index is 1.43. The predicted molar refractivity (Wildman–Crippen MR) is 107 cm³/mol. The number of ketones is 1. The Morgan fingerprint density at radius 1 is 1.07 bits per heavy atom. The van der Waals surface area contributed by atoms with Crippen molar-refractivity contribution >= 4 is 22.5 Å². The summed E-state index contributed by atoms with van der Waals surface area (Å²) in [6, 6.07) is 8.69. The number of Topliss-reactive ketones (excluding diaryl/α,β-unsaturated/α-hetero) is 1. The molecule has 0 atom stereocenters. The molecule has 1 aliphatic rings. The Labute approximate surface area is 172 Å². The van der Waals surface area contributed by atoms with E-state index in [0.717, 1.165) is 34.3 Å². The number of carbonyl (C=O) groups is 1. The van der Waals surface area contributed by atoms with E-state index in [1.165, 1.54) is 0 Å². The third-order valence-corrected chi connectivity index (χ3v) is 5.63. The molecule has 0 unspecified atom stereocenters. The van der Waals surface area contributed by atoms with Gasteiger partial charge < -0.3 is 4.90 Å². The van der Waals surface area contributed by atoms with Crippen molar-refractivity contribution in [1.29, 1.82) is 0 Å². The first kappa shape index (κ1) is 20.3. The van der Waals surface area contributed by atoms with Crippen molar-refractivity contribution in [1.82, 2.24) is 15.0 Å². The smallest absolute Gasteiger partial charge is 0.341 e. The zero-order valence-electron chi connectivity index (χ0n) is 16.5. The van der Waals surface area contributed by atoms with Gasteiger partial charge in [-0.05, 0) is 42.8 Å². The molecule has 0 amide bonds. The van der Waals surface area contributed by atoms with Crippen molar-refractivity contribution < 1.29 is 18.0 Å². The minimum absolute atomic E-state index is 0.0627. The van der Waals surface area contributed by atoms with E-state index in [1.807, 2.05) is 31.2 Å². The summed E-state index contributed by atoms with van der Waals surface area (Å²) >= 11 is 0. The molecule has 30 heavy (non-hydrogen) atoms. The highest BCUT2D eigenvalue weighted by Gasteiger charge is 2.34. The summed E-state index contributed by atoms with van der Waals surface area (Å²) in [7, 11) is 0. The number of carbonyl (C=O) groups excluding carboxylic acids is 1. The molecule has 3 aromatic rings. The Bertz CT molecular complexity index is 1080. The van der Waals surface area contributed by atoms with Crippen molar-refractivity contribution in [2.24, 2.45) is 5.92 Å². The van der Waals surface area contributed by atoms with Gasteiger partial charge in [-0.3, -0.25) is 9.78 Å². The summed E-state index contributed by atoms with van der Waals surface area (Å²) in [5.41, 5.74) is 0.953. The number of benzene rings is 1. The molecule has 0 radical (unpaired) electrons. The molecular weight excluding hydrogens is 393 g/mol. The highest BCUT2D eigenvalue weighted by molar-refractivity contribution is 5.92. The summed E-state index contributed by atoms with van der Waals surface area (Å²) in [4.78, 5) is 26.6. The number of pyridine rings is 1. The van der Waals surface area contributed by atoms with Crippen molar-refractivity contribution in [3.8, 4) is 0 Å². The SMILES string of the molecule is Cc1nccc2c(CC(=O)C3CCN(c4nccc(C(F)(F)F)n4)CC3)cccc12. The topological polar surface area (TPSA) is 59.0 Å². The molecule has 2 aromatic heterocycles. The molecule has 8 heteroatoms. The first-order chi connectivity index (χ1) is 14.3. The molecule has 0 saturated carbocycles. The van der Waals surface area contributed by atoms with E-state index in [0.29, 0.717) is 32.4 Å². The lowest BCUT2D eigenvalue weighted by molar-refractivity contribution is -0.141. The first-order valence-electron chi connectivity index (χ1n) is 9.84. The summed E-state index contributed by atoms with van der Waals surface area (Å²) < 4.78 is 38.7. The van der Waals surface area contributed by atoms with Crippen LogP contribution in [0.3, 0.4) is 0 Å². The third-order valence-electron chi connectivity index (χ3n) is 5.63. The molecule has 1 aliphatic heterocycles. The number of halogens is 3. The van der Waals surface area contributed by atoms with E-state index < -0.39 is 11.9 Å². The van der Waals surface area contributed by atoms with Crippen LogP contribution >= 0.6 is 0 Å². The number of anilines is 1. The standard InChI is InChI=1S/C22H21F3N4O/c1-14-17-4-2-3-16(18(17)5-9-26-14)13-19(30)15-7-11-29(12-8-15)21-27-10-6-20(28-21)22(23,24)25/h2-6,9-10,15H,7-8,11-13H2,1H3. The second-order valence-corrected chi connectivity index (χ2v) is 7.55. The molecule has 1 aromatic carbocycles. The Kier molecular flexibility index (Phi) is 5.40. The molecule has 0 aliphatic carbocycles. The second-order valence-electron chi connectivity index (χ2n) is 7.55. The van der Waals surface area contributed by atoms with Crippen LogP contribution in [0.2, 0.25) is 0 Å². The van der Waals surface area contributed by atoms with E-state index >= 15 is 0 Å². The zero-order valence-corrected chi connectivity index (χ0v) is 16.5. The molecule has 0 spiro atoms. The summed E-state index contributed by atoms with van der Waals surface area (Å²) in [5, 5.41) is 2.08. The zero-order chi connectivity index (χ0) is 21.3. The summed E-state index contributed by atoms with van der Waals surface area (Å²) in [6.45, 7) is 2.85. The van der Waals surface area contributed by atoms with Crippen LogP contribution in [0.25, 0.3) is 10.8 Å². The van der Waals surface area contributed by atoms with Gasteiger partial charge in [-0.25, -0.2) is 9.97 Å². The van der Waals surface area contributed by atoms with Crippen LogP contribution in [0, 0.1) is 12.8 Å². The van der Waals surface area contributed by atoms with E-state index in [-0.39, 0.29) is 17.6 Å². The lowest BCUT2D eigenvalue weighted by Crippen LogP contribution is -2.38. The Morgan fingerprint density at radius 2 is 1.80 bits per heavy atom. The summed E-state index contributed by atoms with van der Waals surface area (Å²) in [6.07, 6.45) is -0.143. The molecule has 3 heterocycles. The Morgan fingerprint density at radius 3 is 2.53 bits per heavy atom. The Hall–Kier alpha value is -3.03. The average molecular weight is 414 g/mol. The largest absolute Gasteiger partial charge is 0.433 e. The number of hydrogen-bond acceptors (Lipinski definition) is 5. The number of aryl methyl sites for hydroxylation is 1. The maximum Gasteiger partial charge on any atom is 0.433 e. The van der Waals surface area contributed by atoms with Gasteiger partial charge in [0.2, 0.25) is 5.95 Å². The van der Waals surface area contributed by atoms with Gasteiger partial charge in [-0.2, -0.15) is 13.2 Å². The van der Waals surface area contributed by atoms with E-state index in [1.54, 1.807) is 11.1 Å². The van der Waals surface area contributed by atoms with Crippen LogP contribution < -0.4 is 4.90 Å². The fraction of sp³-hybridized carbons (Fsp3) is 0.364. The van der Waals surface area contributed by atoms with Gasteiger partial charge >= 0.3 is 6.18 Å². The van der Waals surface area contributed by atoms with E-state index in [4.69, 9.17) is 0 Å². The number of nitrogens with zero attached hydrogens (tertiary/aromatic N) is 4. The minimum atomic E-state index is -4.50. The van der Waals surface area contributed by atoms with Crippen molar-refractivity contribution in [2.45, 2.75) is 32.4 Å². The number of piperidine rings is 1. The van der Waals surface area contributed by atoms with Crippen LogP contribution in [0.4, 0.5) is 19.1 Å². The highest BCUT2D eigenvalue weighted by Crippen LogP contribution is 2.30. The molecule has 4 rings (SSSR count). The molecule has 156 valence electrons. The van der Waals surface area contributed by atoms with Gasteiger partial charge in [0.1, 0.15) is 11.5 Å². The van der Waals surface area contributed by atoms with Crippen molar-refractivity contribution in [3.05, 3.63) is 59.7 Å². The van der Waals surface area contributed by atoms with Gasteiger partial charge in [-0.1, -0.05) is 18.2 Å². The third kappa shape index (κ3) is 4.13. The fourth-order valence-electron chi connectivity index (χ4n) is 3.96. The summed E-state index contributed by atoms with van der Waals surface area (Å²) in [5.74, 6) is 0.0968. The molecule has 5 nitrogen and oxygen atoms in total. The van der Waals surface area contributed by atoms with Crippen LogP contribution in [0.15, 0.2) is 42.7 Å². The maximum absolute atomic E-state index is 12.9. The van der Waals surface area contributed by atoms with Gasteiger partial charge in [0, 0.05) is 48.9 Å². The van der Waals surface area contributed by atoms with Crippen LogP contribution in [-0.4, -0.2) is 33.8 Å². The van der Waals surface area contributed by atoms with Crippen LogP contribution in [-0.2, 0) is 17.4 Å². The molecule has 0 bridgehead atoms. The van der Waals surface area contributed by atoms with E-state index in [2.05, 4.69) is 15.0 Å². The van der Waals surface area contributed by atoms with Gasteiger partial charge in [0.25, 0.3) is 0 Å². The quantitative estimate of drug-likeness (QED) is 0.634. The van der Waals surface area contributed by atoms with Crippen LogP contribution in [0.1, 0.15) is 29.8 Å². The van der Waals surface area contributed by atoms with Crippen LogP contribution in [0.5, 0.6) is 0 Å². The molecule has 1 fully saturated rings. The fourth-order valence-corrected chi connectivity index (χ4v) is 3.96. The molecule has 0 N–H and O–H groups in total. The lowest BCUT2D eigenvalue weighted by Gasteiger charge is -2.31. The highest BCUT2D eigenvalue weighted by atomic mass is 19.4. The van der Waals surface area contributed by atoms with E-state index in [9.17, 15) is 18.0 Å². The predicted octanol–water partition coefficient (Wildman–Crippen LogP) is 4.38. The number of hydrogen-bond donors (Lipinski definition) is 0. The molecule has 1 saturated heterocycles. The maximum atomic E-state index is 12.9. The van der Waals surface area contributed by atoms with Crippen molar-refractivity contribution in [2.75, 3.05) is 18.0 Å². The number of aromatic nitrogens is 3. The lowest BCUT2D eigenvalue weighted by atomic mass is 9.88. The normalized spacial score (nSPS) is 15.5. The monoisotopic (exact) mass is 414 g/mol.